The molecule has 0 radical (unpaired) electrons. The minimum atomic E-state index is -1.19. The second kappa shape index (κ2) is 20.4. The number of likely N-dealkylation sites (tertiary alicyclic amines) is 1. The monoisotopic (exact) mass is 809 g/mol. The van der Waals surface area contributed by atoms with Crippen molar-refractivity contribution < 1.29 is 42.7 Å². The van der Waals surface area contributed by atoms with Gasteiger partial charge in [0.25, 0.3) is 5.89 Å². The standard InChI is InChI=1S/C43H51N7O9/c1-29(51)48-22-24-49(25-23-48)43(56)58-32-26-36(39(53)45-34(17-10-11-21-44)38(52)40-46-33-16-8-9-18-37(33)59-40)50(27-32)41(54)35(20-19-30-12-4-2-5-13-30)47-42(55)57-28-31-14-6-3-7-15-31/h2-9,12-16,18,32,34-36H,10-11,17,19-28,44H2,1H3,(H,45,53)(H,47,55)/t32-,34+,35-,36+/m1/s1. The molecule has 2 fully saturated rings. The van der Waals surface area contributed by atoms with E-state index in [1.807, 2.05) is 60.7 Å². The predicted molar refractivity (Wildman–Crippen MR) is 216 cm³/mol. The predicted octanol–water partition coefficient (Wildman–Crippen LogP) is 3.82. The molecule has 2 aliphatic rings. The third-order valence-electron chi connectivity index (χ3n) is 10.6. The number of para-hydroxylation sites is 2. The summed E-state index contributed by atoms with van der Waals surface area (Å²) in [7, 11) is 0. The number of unbranched alkanes of at least 4 members (excludes halogenated alkanes) is 1. The molecule has 4 aromatic rings. The van der Waals surface area contributed by atoms with Crippen LogP contribution >= 0.6 is 0 Å². The fraction of sp³-hybridized carbons (Fsp3) is 0.419. The second-order valence-electron chi connectivity index (χ2n) is 14.7. The van der Waals surface area contributed by atoms with Crippen molar-refractivity contribution in [3.8, 4) is 0 Å². The normalized spacial score (nSPS) is 17.6. The van der Waals surface area contributed by atoms with Crippen molar-refractivity contribution in [2.75, 3.05) is 39.3 Å². The molecule has 4 N–H and O–H groups in total. The first-order valence-corrected chi connectivity index (χ1v) is 20.0. The first-order valence-electron chi connectivity index (χ1n) is 20.0. The Balaban J connectivity index is 1.23. The Morgan fingerprint density at radius 3 is 2.15 bits per heavy atom. The summed E-state index contributed by atoms with van der Waals surface area (Å²) in [6, 6.07) is 22.1. The molecule has 2 saturated heterocycles. The number of ketones is 1. The zero-order valence-corrected chi connectivity index (χ0v) is 33.1. The van der Waals surface area contributed by atoms with E-state index >= 15 is 0 Å². The lowest BCUT2D eigenvalue weighted by molar-refractivity contribution is -0.140. The molecule has 0 unspecified atom stereocenters. The van der Waals surface area contributed by atoms with Gasteiger partial charge in [-0.25, -0.2) is 14.6 Å². The van der Waals surface area contributed by atoms with Crippen LogP contribution in [0.3, 0.4) is 0 Å². The van der Waals surface area contributed by atoms with Crippen LogP contribution in [0.5, 0.6) is 0 Å². The molecule has 2 aliphatic heterocycles. The number of rotatable bonds is 16. The van der Waals surface area contributed by atoms with Gasteiger partial charge in [-0.1, -0.05) is 72.8 Å². The summed E-state index contributed by atoms with van der Waals surface area (Å²) in [5, 5.41) is 5.57. The van der Waals surface area contributed by atoms with E-state index in [9.17, 15) is 28.8 Å². The number of benzene rings is 3. The fourth-order valence-corrected chi connectivity index (χ4v) is 7.27. The number of alkyl carbamates (subject to hydrolysis) is 1. The van der Waals surface area contributed by atoms with E-state index in [0.29, 0.717) is 50.0 Å². The number of aryl methyl sites for hydroxylation is 1. The molecular formula is C43H51N7O9. The van der Waals surface area contributed by atoms with Crippen LogP contribution in [0, 0.1) is 0 Å². The van der Waals surface area contributed by atoms with Crippen molar-refractivity contribution in [3.05, 3.63) is 102 Å². The molecule has 4 atom stereocenters. The lowest BCUT2D eigenvalue weighted by atomic mass is 10.0. The Morgan fingerprint density at radius 1 is 0.814 bits per heavy atom. The van der Waals surface area contributed by atoms with Gasteiger partial charge in [0.1, 0.15) is 30.3 Å². The summed E-state index contributed by atoms with van der Waals surface area (Å²) in [6.45, 7) is 2.88. The molecule has 5 amide bonds. The number of hydrogen-bond donors (Lipinski definition) is 3. The molecule has 16 nitrogen and oxygen atoms in total. The molecular weight excluding hydrogens is 759 g/mol. The van der Waals surface area contributed by atoms with E-state index in [-0.39, 0.29) is 57.3 Å². The molecule has 16 heteroatoms. The van der Waals surface area contributed by atoms with Crippen LogP contribution in [-0.2, 0) is 36.9 Å². The summed E-state index contributed by atoms with van der Waals surface area (Å²) < 4.78 is 17.2. The zero-order valence-electron chi connectivity index (χ0n) is 33.1. The zero-order chi connectivity index (χ0) is 41.7. The van der Waals surface area contributed by atoms with E-state index in [0.717, 1.165) is 11.1 Å². The van der Waals surface area contributed by atoms with Gasteiger partial charge in [-0.2, -0.15) is 0 Å². The lowest BCUT2D eigenvalue weighted by Gasteiger charge is -2.34. The van der Waals surface area contributed by atoms with Gasteiger partial charge in [-0.3, -0.25) is 19.2 Å². The highest BCUT2D eigenvalue weighted by atomic mass is 16.6. The van der Waals surface area contributed by atoms with E-state index < -0.39 is 54.0 Å². The molecule has 3 aromatic carbocycles. The van der Waals surface area contributed by atoms with Crippen molar-refractivity contribution >= 4 is 46.8 Å². The largest absolute Gasteiger partial charge is 0.445 e. The summed E-state index contributed by atoms with van der Waals surface area (Å²) in [4.78, 5) is 90.2. The van der Waals surface area contributed by atoms with E-state index in [2.05, 4.69) is 15.6 Å². The van der Waals surface area contributed by atoms with Crippen LogP contribution in [-0.4, -0.2) is 119 Å². The average molecular weight is 810 g/mol. The van der Waals surface area contributed by atoms with E-state index in [1.54, 1.807) is 29.2 Å². The van der Waals surface area contributed by atoms with Gasteiger partial charge in [0.2, 0.25) is 23.5 Å². The molecule has 59 heavy (non-hydrogen) atoms. The number of oxazole rings is 1. The quantitative estimate of drug-likeness (QED) is 0.110. The van der Waals surface area contributed by atoms with Gasteiger partial charge in [0.15, 0.2) is 5.58 Å². The second-order valence-corrected chi connectivity index (χ2v) is 14.7. The first-order chi connectivity index (χ1) is 28.6. The van der Waals surface area contributed by atoms with Crippen LogP contribution in [0.4, 0.5) is 9.59 Å². The summed E-state index contributed by atoms with van der Waals surface area (Å²) >= 11 is 0. The molecule has 312 valence electrons. The number of nitrogens with two attached hydrogens (primary N) is 1. The van der Waals surface area contributed by atoms with Gasteiger partial charge >= 0.3 is 12.2 Å². The Bertz CT molecular complexity index is 2040. The lowest BCUT2D eigenvalue weighted by Crippen LogP contribution is -2.55. The highest BCUT2D eigenvalue weighted by molar-refractivity contribution is 6.01. The van der Waals surface area contributed by atoms with Crippen molar-refractivity contribution in [1.82, 2.24) is 30.3 Å². The molecule has 3 heterocycles. The van der Waals surface area contributed by atoms with Crippen LogP contribution in [0.2, 0.25) is 0 Å². The highest BCUT2D eigenvalue weighted by Gasteiger charge is 2.45. The van der Waals surface area contributed by atoms with Gasteiger partial charge in [0.05, 0.1) is 12.6 Å². The van der Waals surface area contributed by atoms with Crippen LogP contribution in [0.25, 0.3) is 11.1 Å². The van der Waals surface area contributed by atoms with Crippen LogP contribution in [0.1, 0.15) is 60.8 Å². The van der Waals surface area contributed by atoms with Crippen LogP contribution < -0.4 is 16.4 Å². The van der Waals surface area contributed by atoms with Crippen molar-refractivity contribution in [1.29, 1.82) is 0 Å². The molecule has 6 rings (SSSR count). The number of aromatic nitrogens is 1. The topological polar surface area (TPSA) is 207 Å². The number of ether oxygens (including phenoxy) is 2. The van der Waals surface area contributed by atoms with E-state index in [1.165, 1.54) is 16.7 Å². The highest BCUT2D eigenvalue weighted by Crippen LogP contribution is 2.25. The Morgan fingerprint density at radius 2 is 1.47 bits per heavy atom. The number of carbonyl (C=O) groups is 6. The molecule has 0 bridgehead atoms. The Kier molecular flexibility index (Phi) is 14.6. The maximum Gasteiger partial charge on any atom is 0.410 e. The maximum atomic E-state index is 14.7. The number of nitrogens with one attached hydrogen (secondary N) is 2. The number of piperazine rings is 1. The van der Waals surface area contributed by atoms with Crippen molar-refractivity contribution in [3.63, 3.8) is 0 Å². The van der Waals surface area contributed by atoms with Crippen molar-refractivity contribution in [2.45, 2.75) is 76.3 Å². The number of fused-ring (bicyclic) bond motifs is 1. The van der Waals surface area contributed by atoms with Gasteiger partial charge < -0.3 is 45.0 Å². The Hall–Kier alpha value is -6.29. The number of nitrogens with zero attached hydrogens (tertiary/aromatic N) is 4. The SMILES string of the molecule is CC(=O)N1CCN(C(=O)O[C@@H]2C[C@@H](C(=O)N[C@@H](CCCCN)C(=O)c3nc4ccccc4o3)N(C(=O)[C@@H](CCc3ccccc3)NC(=O)OCc3ccccc3)C2)CC1. The average Bonchev–Trinajstić information content (AvgIpc) is 3.89. The number of Topliss-reactive ketones (excluding diaryl/α,β-unsaturated/α-hetero) is 1. The number of hydrogen-bond acceptors (Lipinski definition) is 11. The third-order valence-corrected chi connectivity index (χ3v) is 10.6. The fourth-order valence-electron chi connectivity index (χ4n) is 7.27. The molecule has 0 spiro atoms. The van der Waals surface area contributed by atoms with Gasteiger partial charge in [-0.15, -0.1) is 0 Å². The van der Waals surface area contributed by atoms with Crippen LogP contribution in [0.15, 0.2) is 89.3 Å². The minimum Gasteiger partial charge on any atom is -0.445 e. The first kappa shape index (κ1) is 42.3. The molecule has 1 aromatic heterocycles. The summed E-state index contributed by atoms with van der Waals surface area (Å²) in [6.07, 6.45) is -0.545. The van der Waals surface area contributed by atoms with Gasteiger partial charge in [-0.05, 0) is 61.9 Å². The number of amides is 5. The maximum absolute atomic E-state index is 14.7. The summed E-state index contributed by atoms with van der Waals surface area (Å²) in [5.41, 5.74) is 8.34. The Labute approximate surface area is 342 Å². The smallest absolute Gasteiger partial charge is 0.410 e. The minimum absolute atomic E-state index is 0.0284. The molecule has 0 aliphatic carbocycles. The molecule has 0 saturated carbocycles. The summed E-state index contributed by atoms with van der Waals surface area (Å²) in [5.74, 6) is -2.04. The van der Waals surface area contributed by atoms with E-state index in [4.69, 9.17) is 19.6 Å². The van der Waals surface area contributed by atoms with Gasteiger partial charge in [0, 0.05) is 39.5 Å². The number of carbonyl (C=O) groups excluding carboxylic acids is 6. The van der Waals surface area contributed by atoms with Crippen molar-refractivity contribution in [2.24, 2.45) is 5.73 Å². The third kappa shape index (κ3) is 11.4.